The lowest BCUT2D eigenvalue weighted by Gasteiger charge is -2.21. The molecule has 122 valence electrons. The van der Waals surface area contributed by atoms with E-state index in [0.29, 0.717) is 18.0 Å². The van der Waals surface area contributed by atoms with Crippen LogP contribution in [0.25, 0.3) is 10.6 Å². The standard InChI is InChI=1S/C18H15FN2O2S/c19-13-4-1-3-12(9-13)11-21(14-6-7-14)18(22)15-10-16(23-20-15)17-5-2-8-24-17/h1-5,8-10,14H,6-7,11H2. The number of benzene rings is 1. The van der Waals surface area contributed by atoms with Crippen LogP contribution in [0.2, 0.25) is 0 Å². The van der Waals surface area contributed by atoms with Gasteiger partial charge in [0.05, 0.1) is 4.88 Å². The number of carbonyl (C=O) groups excluding carboxylic acids is 1. The highest BCUT2D eigenvalue weighted by Gasteiger charge is 2.34. The first-order valence-electron chi connectivity index (χ1n) is 7.77. The largest absolute Gasteiger partial charge is 0.355 e. The van der Waals surface area contributed by atoms with Crippen LogP contribution in [0.15, 0.2) is 52.4 Å². The minimum atomic E-state index is -0.294. The van der Waals surface area contributed by atoms with E-state index < -0.39 is 0 Å². The molecule has 4 rings (SSSR count). The second-order valence-electron chi connectivity index (χ2n) is 5.85. The predicted molar refractivity (Wildman–Crippen MR) is 89.1 cm³/mol. The number of nitrogens with zero attached hydrogens (tertiary/aromatic N) is 2. The highest BCUT2D eigenvalue weighted by atomic mass is 32.1. The van der Waals surface area contributed by atoms with E-state index >= 15 is 0 Å². The quantitative estimate of drug-likeness (QED) is 0.693. The van der Waals surface area contributed by atoms with Gasteiger partial charge in [-0.1, -0.05) is 23.4 Å². The first kappa shape index (κ1) is 15.1. The second kappa shape index (κ2) is 6.20. The third-order valence-electron chi connectivity index (χ3n) is 3.98. The lowest BCUT2D eigenvalue weighted by molar-refractivity contribution is 0.0719. The summed E-state index contributed by atoms with van der Waals surface area (Å²) in [6, 6.07) is 12.1. The Hall–Kier alpha value is -2.47. The third kappa shape index (κ3) is 3.10. The minimum Gasteiger partial charge on any atom is -0.355 e. The molecule has 1 fully saturated rings. The average molecular weight is 342 g/mol. The minimum absolute atomic E-state index is 0.173. The van der Waals surface area contributed by atoms with Crippen molar-refractivity contribution in [3.8, 4) is 10.6 Å². The van der Waals surface area contributed by atoms with Crippen LogP contribution < -0.4 is 0 Å². The highest BCUT2D eigenvalue weighted by Crippen LogP contribution is 2.31. The fourth-order valence-electron chi connectivity index (χ4n) is 2.64. The van der Waals surface area contributed by atoms with Gasteiger partial charge in [0.25, 0.3) is 5.91 Å². The molecule has 1 aromatic carbocycles. The number of hydrogen-bond acceptors (Lipinski definition) is 4. The Morgan fingerprint density at radius 1 is 1.29 bits per heavy atom. The highest BCUT2D eigenvalue weighted by molar-refractivity contribution is 7.13. The maximum atomic E-state index is 13.4. The molecule has 4 nitrogen and oxygen atoms in total. The van der Waals surface area contributed by atoms with Crippen LogP contribution in [0, 0.1) is 5.82 Å². The van der Waals surface area contributed by atoms with Crippen molar-refractivity contribution < 1.29 is 13.7 Å². The van der Waals surface area contributed by atoms with Crippen LogP contribution in [-0.2, 0) is 6.54 Å². The van der Waals surface area contributed by atoms with Gasteiger partial charge in [-0.05, 0) is 42.0 Å². The summed E-state index contributed by atoms with van der Waals surface area (Å²) >= 11 is 1.53. The molecule has 1 saturated carbocycles. The average Bonchev–Trinajstić information content (AvgIpc) is 3.08. The van der Waals surface area contributed by atoms with Gasteiger partial charge >= 0.3 is 0 Å². The van der Waals surface area contributed by atoms with Crippen LogP contribution in [0.1, 0.15) is 28.9 Å². The molecule has 24 heavy (non-hydrogen) atoms. The van der Waals surface area contributed by atoms with Crippen LogP contribution in [0.3, 0.4) is 0 Å². The molecule has 0 saturated heterocycles. The van der Waals surface area contributed by atoms with Gasteiger partial charge in [-0.25, -0.2) is 4.39 Å². The molecule has 0 bridgehead atoms. The summed E-state index contributed by atoms with van der Waals surface area (Å²) < 4.78 is 18.7. The van der Waals surface area contributed by atoms with Crippen LogP contribution in [-0.4, -0.2) is 22.0 Å². The normalized spacial score (nSPS) is 13.9. The molecule has 2 heterocycles. The number of hydrogen-bond donors (Lipinski definition) is 0. The zero-order valence-corrected chi connectivity index (χ0v) is 13.6. The fourth-order valence-corrected chi connectivity index (χ4v) is 3.32. The number of carbonyl (C=O) groups is 1. The second-order valence-corrected chi connectivity index (χ2v) is 6.80. The number of amides is 1. The molecule has 3 aromatic rings. The van der Waals surface area contributed by atoms with Crippen molar-refractivity contribution in [2.75, 3.05) is 0 Å². The predicted octanol–water partition coefficient (Wildman–Crippen LogP) is 4.35. The first-order valence-corrected chi connectivity index (χ1v) is 8.65. The van der Waals surface area contributed by atoms with Crippen LogP contribution in [0.4, 0.5) is 4.39 Å². The van der Waals surface area contributed by atoms with E-state index in [9.17, 15) is 9.18 Å². The molecule has 6 heteroatoms. The van der Waals surface area contributed by atoms with E-state index in [1.807, 2.05) is 23.6 Å². The summed E-state index contributed by atoms with van der Waals surface area (Å²) in [6.07, 6.45) is 1.94. The van der Waals surface area contributed by atoms with Gasteiger partial charge in [0.1, 0.15) is 5.82 Å². The number of thiophene rings is 1. The van der Waals surface area contributed by atoms with E-state index in [4.69, 9.17) is 4.52 Å². The van der Waals surface area contributed by atoms with Crippen molar-refractivity contribution in [2.24, 2.45) is 0 Å². The van der Waals surface area contributed by atoms with E-state index in [1.165, 1.54) is 23.5 Å². The molecule has 0 spiro atoms. The van der Waals surface area contributed by atoms with E-state index in [-0.39, 0.29) is 17.8 Å². The van der Waals surface area contributed by atoms with Gasteiger partial charge in [0, 0.05) is 18.7 Å². The van der Waals surface area contributed by atoms with E-state index in [2.05, 4.69) is 5.16 Å². The monoisotopic (exact) mass is 342 g/mol. The number of aromatic nitrogens is 1. The summed E-state index contributed by atoms with van der Waals surface area (Å²) in [7, 11) is 0. The van der Waals surface area contributed by atoms with Crippen molar-refractivity contribution in [3.05, 3.63) is 64.9 Å². The smallest absolute Gasteiger partial charge is 0.276 e. The maximum absolute atomic E-state index is 13.4. The number of rotatable bonds is 5. The van der Waals surface area contributed by atoms with Crippen molar-refractivity contribution in [1.82, 2.24) is 10.1 Å². The lowest BCUT2D eigenvalue weighted by atomic mass is 10.2. The molecule has 0 N–H and O–H groups in total. The molecule has 1 amide bonds. The van der Waals surface area contributed by atoms with Gasteiger partial charge in [-0.3, -0.25) is 4.79 Å². The van der Waals surface area contributed by atoms with Gasteiger partial charge in [-0.2, -0.15) is 0 Å². The van der Waals surface area contributed by atoms with Gasteiger partial charge < -0.3 is 9.42 Å². The lowest BCUT2D eigenvalue weighted by Crippen LogP contribution is -2.32. The van der Waals surface area contributed by atoms with Crippen LogP contribution >= 0.6 is 11.3 Å². The molecule has 0 aliphatic heterocycles. The Morgan fingerprint density at radius 3 is 2.88 bits per heavy atom. The molecular formula is C18H15FN2O2S. The van der Waals surface area contributed by atoms with Gasteiger partial charge in [0.15, 0.2) is 11.5 Å². The third-order valence-corrected chi connectivity index (χ3v) is 4.87. The van der Waals surface area contributed by atoms with Crippen molar-refractivity contribution in [1.29, 1.82) is 0 Å². The van der Waals surface area contributed by atoms with Gasteiger partial charge in [-0.15, -0.1) is 11.3 Å². The Labute approximate surface area is 142 Å². The van der Waals surface area contributed by atoms with E-state index in [0.717, 1.165) is 23.3 Å². The Morgan fingerprint density at radius 2 is 2.17 bits per heavy atom. The molecule has 0 atom stereocenters. The van der Waals surface area contributed by atoms with E-state index in [1.54, 1.807) is 17.0 Å². The molecule has 2 aromatic heterocycles. The summed E-state index contributed by atoms with van der Waals surface area (Å²) in [5.41, 5.74) is 1.07. The first-order chi connectivity index (χ1) is 11.7. The van der Waals surface area contributed by atoms with Crippen molar-refractivity contribution in [2.45, 2.75) is 25.4 Å². The summed E-state index contributed by atoms with van der Waals surface area (Å²) in [5, 5.41) is 5.87. The SMILES string of the molecule is O=C(c1cc(-c2cccs2)on1)N(Cc1cccc(F)c1)C1CC1. The fraction of sp³-hybridized carbons (Fsp3) is 0.222. The Bertz CT molecular complexity index is 856. The van der Waals surface area contributed by atoms with Crippen molar-refractivity contribution in [3.63, 3.8) is 0 Å². The zero-order valence-electron chi connectivity index (χ0n) is 12.8. The number of halogens is 1. The topological polar surface area (TPSA) is 46.3 Å². The summed E-state index contributed by atoms with van der Waals surface area (Å²) in [4.78, 5) is 15.5. The zero-order chi connectivity index (χ0) is 16.5. The van der Waals surface area contributed by atoms with Gasteiger partial charge in [0.2, 0.25) is 0 Å². The van der Waals surface area contributed by atoms with Crippen molar-refractivity contribution >= 4 is 17.2 Å². The molecule has 0 radical (unpaired) electrons. The molecule has 1 aliphatic rings. The maximum Gasteiger partial charge on any atom is 0.276 e. The molecular weight excluding hydrogens is 327 g/mol. The summed E-state index contributed by atoms with van der Waals surface area (Å²) in [6.45, 7) is 0.377. The molecule has 0 unspecified atom stereocenters. The molecule has 1 aliphatic carbocycles. The van der Waals surface area contributed by atoms with Crippen LogP contribution in [0.5, 0.6) is 0 Å². The Balaban J connectivity index is 1.56. The summed E-state index contributed by atoms with van der Waals surface area (Å²) in [5.74, 6) is 0.125. The Kier molecular flexibility index (Phi) is 3.90.